The minimum absolute atomic E-state index is 0.0114. The van der Waals surface area contributed by atoms with Crippen LogP contribution in [-0.4, -0.2) is 47.6 Å². The normalized spacial score (nSPS) is 25.2. The number of carbonyl (C=O) groups is 2. The lowest BCUT2D eigenvalue weighted by Gasteiger charge is -2.52. The molecule has 5 heteroatoms. The van der Waals surface area contributed by atoms with Crippen molar-refractivity contribution in [1.82, 2.24) is 10.2 Å². The molecule has 1 heterocycles. The highest BCUT2D eigenvalue weighted by atomic mass is 16.5. The Morgan fingerprint density at radius 2 is 1.81 bits per heavy atom. The third kappa shape index (κ3) is 2.45. The van der Waals surface area contributed by atoms with Crippen molar-refractivity contribution in [3.05, 3.63) is 0 Å². The van der Waals surface area contributed by atoms with Crippen molar-refractivity contribution in [3.8, 4) is 0 Å². The molecule has 1 aliphatic carbocycles. The van der Waals surface area contributed by atoms with E-state index in [2.05, 4.69) is 5.32 Å². The van der Waals surface area contributed by atoms with E-state index in [0.717, 1.165) is 25.7 Å². The Balaban J connectivity index is 2.39. The van der Waals surface area contributed by atoms with Gasteiger partial charge in [-0.25, -0.2) is 0 Å². The van der Waals surface area contributed by atoms with Gasteiger partial charge in [-0.3, -0.25) is 9.59 Å². The summed E-state index contributed by atoms with van der Waals surface area (Å²) in [5.41, 5.74) is -1.38. The van der Waals surface area contributed by atoms with Crippen LogP contribution in [-0.2, 0) is 14.3 Å². The van der Waals surface area contributed by atoms with Gasteiger partial charge in [0.25, 0.3) is 0 Å². The molecule has 1 aliphatic heterocycles. The molecule has 2 rings (SSSR count). The fraction of sp³-hybridized carbons (Fsp3) is 0.875. The molecule has 2 fully saturated rings. The second-order valence-electron chi connectivity index (χ2n) is 6.44. The maximum absolute atomic E-state index is 13.1. The van der Waals surface area contributed by atoms with Gasteiger partial charge in [0.2, 0.25) is 11.8 Å². The summed E-state index contributed by atoms with van der Waals surface area (Å²) in [6.45, 7) is 6.38. The van der Waals surface area contributed by atoms with Gasteiger partial charge in [0, 0.05) is 13.7 Å². The molecular weight excluding hydrogens is 268 g/mol. The fourth-order valence-corrected chi connectivity index (χ4v) is 3.82. The van der Waals surface area contributed by atoms with Crippen molar-refractivity contribution in [1.29, 1.82) is 0 Å². The number of nitrogens with zero attached hydrogens (tertiary/aromatic N) is 1. The van der Waals surface area contributed by atoms with Crippen LogP contribution >= 0.6 is 0 Å². The van der Waals surface area contributed by atoms with Gasteiger partial charge in [-0.1, -0.05) is 26.7 Å². The summed E-state index contributed by atoms with van der Waals surface area (Å²) < 4.78 is 5.34. The van der Waals surface area contributed by atoms with E-state index in [0.29, 0.717) is 19.4 Å². The summed E-state index contributed by atoms with van der Waals surface area (Å²) in [5, 5.41) is 3.08. The molecule has 0 aromatic carbocycles. The molecule has 0 radical (unpaired) electrons. The first-order chi connectivity index (χ1) is 9.95. The molecule has 2 amide bonds. The van der Waals surface area contributed by atoms with E-state index in [4.69, 9.17) is 4.74 Å². The van der Waals surface area contributed by atoms with Gasteiger partial charge in [0.1, 0.15) is 11.1 Å². The maximum atomic E-state index is 13.1. The van der Waals surface area contributed by atoms with E-state index >= 15 is 0 Å². The van der Waals surface area contributed by atoms with E-state index in [1.165, 1.54) is 0 Å². The third-order valence-electron chi connectivity index (χ3n) is 5.42. The highest BCUT2D eigenvalue weighted by molar-refractivity contribution is 6.02. The number of carbonyl (C=O) groups excluding carboxylic acids is 2. The van der Waals surface area contributed by atoms with Gasteiger partial charge >= 0.3 is 0 Å². The number of piperazine rings is 1. The molecule has 1 unspecified atom stereocenters. The lowest BCUT2D eigenvalue weighted by molar-refractivity contribution is -0.166. The van der Waals surface area contributed by atoms with Crippen molar-refractivity contribution < 1.29 is 14.3 Å². The number of amides is 2. The largest absolute Gasteiger partial charge is 0.380 e. The summed E-state index contributed by atoms with van der Waals surface area (Å²) in [5.74, 6) is 0.101. The van der Waals surface area contributed by atoms with E-state index in [-0.39, 0.29) is 17.9 Å². The SMILES string of the molecule is CCC1(CC)C(=O)NC2(CCCC2)C(=O)N1CC(C)OC. The molecule has 21 heavy (non-hydrogen) atoms. The number of rotatable bonds is 5. The summed E-state index contributed by atoms with van der Waals surface area (Å²) in [7, 11) is 1.64. The minimum Gasteiger partial charge on any atom is -0.380 e. The van der Waals surface area contributed by atoms with Crippen LogP contribution in [0.15, 0.2) is 0 Å². The lowest BCUT2D eigenvalue weighted by atomic mass is 9.80. The number of methoxy groups -OCH3 is 1. The molecule has 120 valence electrons. The summed E-state index contributed by atoms with van der Waals surface area (Å²) in [6.07, 6.45) is 4.73. The Morgan fingerprint density at radius 1 is 1.24 bits per heavy atom. The number of hydrogen-bond donors (Lipinski definition) is 1. The summed E-state index contributed by atoms with van der Waals surface area (Å²) in [4.78, 5) is 27.8. The van der Waals surface area contributed by atoms with Gasteiger partial charge in [-0.05, 0) is 32.6 Å². The molecular formula is C16H28N2O3. The van der Waals surface area contributed by atoms with E-state index in [9.17, 15) is 9.59 Å². The predicted molar refractivity (Wildman–Crippen MR) is 80.8 cm³/mol. The smallest absolute Gasteiger partial charge is 0.249 e. The van der Waals surface area contributed by atoms with Crippen molar-refractivity contribution in [3.63, 3.8) is 0 Å². The highest BCUT2D eigenvalue weighted by Crippen LogP contribution is 2.39. The van der Waals surface area contributed by atoms with Gasteiger partial charge < -0.3 is 15.0 Å². The molecule has 1 saturated heterocycles. The van der Waals surface area contributed by atoms with Gasteiger partial charge in [0.05, 0.1) is 6.10 Å². The lowest BCUT2D eigenvalue weighted by Crippen LogP contribution is -2.75. The number of hydrogen-bond acceptors (Lipinski definition) is 3. The predicted octanol–water partition coefficient (Wildman–Crippen LogP) is 1.85. The van der Waals surface area contributed by atoms with Crippen molar-refractivity contribution in [2.45, 2.75) is 76.5 Å². The van der Waals surface area contributed by atoms with Gasteiger partial charge in [0.15, 0.2) is 0 Å². The molecule has 0 aromatic rings. The first-order valence-electron chi connectivity index (χ1n) is 8.13. The van der Waals surface area contributed by atoms with Gasteiger partial charge in [-0.15, -0.1) is 0 Å². The monoisotopic (exact) mass is 296 g/mol. The number of ether oxygens (including phenoxy) is 1. The molecule has 2 aliphatic rings. The van der Waals surface area contributed by atoms with Crippen LogP contribution < -0.4 is 5.32 Å². The molecule has 1 saturated carbocycles. The third-order valence-corrected chi connectivity index (χ3v) is 5.42. The average molecular weight is 296 g/mol. The minimum atomic E-state index is -0.724. The van der Waals surface area contributed by atoms with E-state index < -0.39 is 11.1 Å². The topological polar surface area (TPSA) is 58.6 Å². The van der Waals surface area contributed by atoms with Crippen molar-refractivity contribution >= 4 is 11.8 Å². The molecule has 0 aromatic heterocycles. The Bertz CT molecular complexity index is 412. The van der Waals surface area contributed by atoms with Crippen LogP contribution in [0.25, 0.3) is 0 Å². The molecule has 1 N–H and O–H groups in total. The average Bonchev–Trinajstić information content (AvgIpc) is 2.95. The zero-order valence-corrected chi connectivity index (χ0v) is 13.7. The Labute approximate surface area is 127 Å². The molecule has 0 bridgehead atoms. The Hall–Kier alpha value is -1.10. The van der Waals surface area contributed by atoms with Crippen LogP contribution in [0.3, 0.4) is 0 Å². The second kappa shape index (κ2) is 5.95. The van der Waals surface area contributed by atoms with Crippen molar-refractivity contribution in [2.24, 2.45) is 0 Å². The van der Waals surface area contributed by atoms with E-state index in [1.807, 2.05) is 25.7 Å². The molecule has 5 nitrogen and oxygen atoms in total. The number of nitrogens with one attached hydrogen (secondary N) is 1. The zero-order chi connectivity index (χ0) is 15.7. The second-order valence-corrected chi connectivity index (χ2v) is 6.44. The first-order valence-corrected chi connectivity index (χ1v) is 8.13. The van der Waals surface area contributed by atoms with Crippen LogP contribution in [0.5, 0.6) is 0 Å². The summed E-state index contributed by atoms with van der Waals surface area (Å²) >= 11 is 0. The fourth-order valence-electron chi connectivity index (χ4n) is 3.82. The Kier molecular flexibility index (Phi) is 4.61. The highest BCUT2D eigenvalue weighted by Gasteiger charge is 2.57. The van der Waals surface area contributed by atoms with E-state index in [1.54, 1.807) is 7.11 Å². The standard InChI is InChI=1S/C16H28N2O3/c1-5-16(6-2)13(19)17-15(9-7-8-10-15)14(20)18(16)11-12(3)21-4/h12H,5-11H2,1-4H3,(H,17,19). The quantitative estimate of drug-likeness (QED) is 0.842. The van der Waals surface area contributed by atoms with Crippen LogP contribution in [0, 0.1) is 0 Å². The molecule has 1 spiro atoms. The van der Waals surface area contributed by atoms with Crippen molar-refractivity contribution in [2.75, 3.05) is 13.7 Å². The van der Waals surface area contributed by atoms with Crippen LogP contribution in [0.2, 0.25) is 0 Å². The first kappa shape index (κ1) is 16.3. The van der Waals surface area contributed by atoms with Gasteiger partial charge in [-0.2, -0.15) is 0 Å². The maximum Gasteiger partial charge on any atom is 0.249 e. The summed E-state index contributed by atoms with van der Waals surface area (Å²) in [6, 6.07) is 0. The van der Waals surface area contributed by atoms with Crippen LogP contribution in [0.4, 0.5) is 0 Å². The Morgan fingerprint density at radius 3 is 2.29 bits per heavy atom. The molecule has 1 atom stereocenters. The van der Waals surface area contributed by atoms with Crippen LogP contribution in [0.1, 0.15) is 59.3 Å². The zero-order valence-electron chi connectivity index (χ0n) is 13.7.